The van der Waals surface area contributed by atoms with E-state index in [1.54, 1.807) is 13.0 Å². The van der Waals surface area contributed by atoms with Crippen molar-refractivity contribution < 1.29 is 37.7 Å². The molecule has 0 bridgehead atoms. The molecule has 11 heteroatoms. The highest BCUT2D eigenvalue weighted by atomic mass is 32.2. The van der Waals surface area contributed by atoms with Crippen molar-refractivity contribution in [1.29, 1.82) is 0 Å². The van der Waals surface area contributed by atoms with E-state index in [4.69, 9.17) is 18.9 Å². The number of halogens is 1. The molecule has 0 aliphatic rings. The number of methoxy groups -OCH3 is 2. The number of carbonyl (C=O) groups excluding carboxylic acids is 3. The summed E-state index contributed by atoms with van der Waals surface area (Å²) in [5, 5.41) is 2.05. The molecule has 206 valence electrons. The Balaban J connectivity index is 1.80. The Labute approximate surface area is 230 Å². The summed E-state index contributed by atoms with van der Waals surface area (Å²) in [4.78, 5) is 42.4. The second-order valence-corrected chi connectivity index (χ2v) is 9.57. The minimum absolute atomic E-state index is 0.128. The van der Waals surface area contributed by atoms with E-state index in [-0.39, 0.29) is 17.2 Å². The number of benzene rings is 2. The van der Waals surface area contributed by atoms with Gasteiger partial charge in [0.1, 0.15) is 23.7 Å². The highest BCUT2D eigenvalue weighted by Crippen LogP contribution is 2.43. The molecule has 0 aliphatic heterocycles. The first-order chi connectivity index (χ1) is 18.6. The van der Waals surface area contributed by atoms with E-state index >= 15 is 0 Å². The molecule has 0 fully saturated rings. The minimum atomic E-state index is -1.09. The Hall–Kier alpha value is -4.12. The van der Waals surface area contributed by atoms with Crippen molar-refractivity contribution >= 4 is 29.6 Å². The third kappa shape index (κ3) is 7.70. The molecule has 9 nitrogen and oxygen atoms in total. The van der Waals surface area contributed by atoms with E-state index in [0.29, 0.717) is 11.3 Å². The van der Waals surface area contributed by atoms with Crippen LogP contribution < -0.4 is 19.5 Å². The third-order valence-corrected chi connectivity index (χ3v) is 6.92. The average Bonchev–Trinajstić information content (AvgIpc) is 2.92. The summed E-state index contributed by atoms with van der Waals surface area (Å²) >= 11 is 1.42. The Morgan fingerprint density at radius 3 is 2.31 bits per heavy atom. The van der Waals surface area contributed by atoms with Crippen molar-refractivity contribution in [3.8, 4) is 17.2 Å². The van der Waals surface area contributed by atoms with Crippen molar-refractivity contribution in [2.24, 2.45) is 0 Å². The van der Waals surface area contributed by atoms with Gasteiger partial charge in [0.15, 0.2) is 11.4 Å². The largest absolute Gasteiger partial charge is 0.496 e. The fraction of sp³-hybridized carbons (Fsp3) is 0.286. The Bertz CT molecular complexity index is 1320. The first kappa shape index (κ1) is 29.4. The molecule has 0 radical (unpaired) electrons. The first-order valence-corrected chi connectivity index (χ1v) is 12.8. The third-order valence-electron chi connectivity index (χ3n) is 5.49. The predicted octanol–water partition coefficient (Wildman–Crippen LogP) is 4.75. The molecule has 0 saturated carbocycles. The number of rotatable bonds is 11. The molecule has 0 spiro atoms. The number of nitrogens with one attached hydrogen (secondary N) is 1. The summed E-state index contributed by atoms with van der Waals surface area (Å²) in [6.45, 7) is 4.34. The fourth-order valence-corrected chi connectivity index (χ4v) is 4.82. The van der Waals surface area contributed by atoms with Crippen molar-refractivity contribution in [1.82, 2.24) is 10.3 Å². The van der Waals surface area contributed by atoms with Gasteiger partial charge in [0.05, 0.1) is 19.5 Å². The summed E-state index contributed by atoms with van der Waals surface area (Å²) in [5.74, 6) is -2.33. The van der Waals surface area contributed by atoms with Gasteiger partial charge in [0.25, 0.3) is 5.91 Å². The lowest BCUT2D eigenvalue weighted by Gasteiger charge is -2.27. The second kappa shape index (κ2) is 13.6. The molecule has 0 unspecified atom stereocenters. The van der Waals surface area contributed by atoms with E-state index in [1.807, 2.05) is 30.3 Å². The number of nitrogens with zero attached hydrogens (tertiary/aromatic N) is 1. The van der Waals surface area contributed by atoms with Crippen LogP contribution in [0.4, 0.5) is 4.39 Å². The van der Waals surface area contributed by atoms with Gasteiger partial charge in [-0.05, 0) is 32.0 Å². The van der Waals surface area contributed by atoms with Crippen molar-refractivity contribution in [3.63, 3.8) is 0 Å². The zero-order valence-electron chi connectivity index (χ0n) is 22.1. The SMILES string of the molecule is COc1cc(F)ccc1[C@@H](Sc1ccccc1)[C@H](C)OC(=O)[C@H](C)NC(=O)c1nccc(OC)c1OC(C)=O. The molecular weight excluding hydrogens is 527 g/mol. The van der Waals surface area contributed by atoms with Gasteiger partial charge in [-0.3, -0.25) is 9.59 Å². The van der Waals surface area contributed by atoms with E-state index in [0.717, 1.165) is 4.90 Å². The number of esters is 2. The smallest absolute Gasteiger partial charge is 0.328 e. The molecule has 0 saturated heterocycles. The van der Waals surface area contributed by atoms with Gasteiger partial charge in [0.2, 0.25) is 5.75 Å². The standard InChI is InChI=1S/C28H29FN2O7S/c1-16(31-27(33)24-25(38-18(3)32)22(35-4)13-14-30-24)28(34)37-17(2)26(39-20-9-7-6-8-10-20)21-12-11-19(29)15-23(21)36-5/h6-17,26H,1-5H3,(H,31,33)/t16-,17-,26-/m0/s1. The molecule has 3 rings (SSSR count). The Morgan fingerprint density at radius 1 is 0.974 bits per heavy atom. The highest BCUT2D eigenvalue weighted by Gasteiger charge is 2.30. The van der Waals surface area contributed by atoms with Gasteiger partial charge in [-0.2, -0.15) is 0 Å². The maximum atomic E-state index is 13.9. The maximum absolute atomic E-state index is 13.9. The fourth-order valence-electron chi connectivity index (χ4n) is 3.64. The number of ether oxygens (including phenoxy) is 4. The number of hydrogen-bond acceptors (Lipinski definition) is 9. The number of amides is 1. The van der Waals surface area contributed by atoms with Crippen molar-refractivity contribution in [2.75, 3.05) is 14.2 Å². The van der Waals surface area contributed by atoms with Gasteiger partial charge >= 0.3 is 11.9 Å². The lowest BCUT2D eigenvalue weighted by Crippen LogP contribution is -2.41. The molecule has 1 N–H and O–H groups in total. The van der Waals surface area contributed by atoms with Crippen LogP contribution in [-0.2, 0) is 14.3 Å². The average molecular weight is 557 g/mol. The van der Waals surface area contributed by atoms with Gasteiger partial charge in [0, 0.05) is 35.7 Å². The van der Waals surface area contributed by atoms with Gasteiger partial charge in [-0.1, -0.05) is 24.3 Å². The Morgan fingerprint density at radius 2 is 1.67 bits per heavy atom. The van der Waals surface area contributed by atoms with Crippen LogP contribution in [0.3, 0.4) is 0 Å². The van der Waals surface area contributed by atoms with Crippen LogP contribution in [0, 0.1) is 5.82 Å². The summed E-state index contributed by atoms with van der Waals surface area (Å²) in [6, 6.07) is 14.0. The molecule has 0 aliphatic carbocycles. The molecular formula is C28H29FN2O7S. The highest BCUT2D eigenvalue weighted by molar-refractivity contribution is 7.99. The van der Waals surface area contributed by atoms with Crippen LogP contribution in [0.25, 0.3) is 0 Å². The van der Waals surface area contributed by atoms with E-state index in [2.05, 4.69) is 10.3 Å². The molecule has 1 heterocycles. The van der Waals surface area contributed by atoms with Gasteiger partial charge < -0.3 is 24.3 Å². The van der Waals surface area contributed by atoms with E-state index in [1.165, 1.54) is 64.2 Å². The van der Waals surface area contributed by atoms with Crippen LogP contribution in [0.15, 0.2) is 65.7 Å². The topological polar surface area (TPSA) is 113 Å². The molecule has 1 aromatic heterocycles. The van der Waals surface area contributed by atoms with Crippen LogP contribution >= 0.6 is 11.8 Å². The normalized spacial score (nSPS) is 13.0. The number of carbonyl (C=O) groups is 3. The second-order valence-electron chi connectivity index (χ2n) is 8.36. The van der Waals surface area contributed by atoms with Crippen molar-refractivity contribution in [3.05, 3.63) is 77.9 Å². The van der Waals surface area contributed by atoms with Crippen LogP contribution in [0.2, 0.25) is 0 Å². The molecule has 39 heavy (non-hydrogen) atoms. The molecule has 3 aromatic rings. The van der Waals surface area contributed by atoms with Crippen LogP contribution in [-0.4, -0.2) is 49.2 Å². The minimum Gasteiger partial charge on any atom is -0.496 e. The number of hydrogen-bond donors (Lipinski definition) is 1. The number of aromatic nitrogens is 1. The zero-order chi connectivity index (χ0) is 28.5. The Kier molecular flexibility index (Phi) is 10.3. The number of pyridine rings is 1. The van der Waals surface area contributed by atoms with Crippen LogP contribution in [0.5, 0.6) is 17.2 Å². The molecule has 2 aromatic carbocycles. The quantitative estimate of drug-likeness (QED) is 0.264. The van der Waals surface area contributed by atoms with Crippen LogP contribution in [0.1, 0.15) is 42.1 Å². The van der Waals surface area contributed by atoms with Crippen molar-refractivity contribution in [2.45, 2.75) is 43.1 Å². The summed E-state index contributed by atoms with van der Waals surface area (Å²) in [6.07, 6.45) is 0.598. The predicted molar refractivity (Wildman–Crippen MR) is 143 cm³/mol. The summed E-state index contributed by atoms with van der Waals surface area (Å²) < 4.78 is 35.3. The summed E-state index contributed by atoms with van der Waals surface area (Å²) in [5.41, 5.74) is 0.405. The first-order valence-electron chi connectivity index (χ1n) is 11.9. The van der Waals surface area contributed by atoms with Gasteiger partial charge in [-0.25, -0.2) is 14.2 Å². The lowest BCUT2D eigenvalue weighted by atomic mass is 10.1. The van der Waals surface area contributed by atoms with E-state index < -0.39 is 41.1 Å². The monoisotopic (exact) mass is 556 g/mol. The van der Waals surface area contributed by atoms with E-state index in [9.17, 15) is 18.8 Å². The zero-order valence-corrected chi connectivity index (χ0v) is 22.9. The maximum Gasteiger partial charge on any atom is 0.328 e. The number of thioether (sulfide) groups is 1. The molecule has 1 amide bonds. The lowest BCUT2D eigenvalue weighted by molar-refractivity contribution is -0.150. The summed E-state index contributed by atoms with van der Waals surface area (Å²) in [7, 11) is 2.79. The van der Waals surface area contributed by atoms with Gasteiger partial charge in [-0.15, -0.1) is 11.8 Å². The molecule has 3 atom stereocenters.